The van der Waals surface area contributed by atoms with Crippen LogP contribution in [-0.2, 0) is 4.74 Å². The molecule has 0 aliphatic carbocycles. The first-order valence-electron chi connectivity index (χ1n) is 9.77. The average molecular weight is 464 g/mol. The predicted molar refractivity (Wildman–Crippen MR) is 123 cm³/mol. The molecule has 3 aromatic rings. The number of fused-ring (bicyclic) bond motifs is 1. The minimum atomic E-state index is 0.171. The van der Waals surface area contributed by atoms with E-state index in [1.807, 2.05) is 6.07 Å². The standard InChI is InChI=1S/C21H23Cl2N5O3/c1-10-8-31-9-13(10)27-21-25-7-11-5-12(26-20(24-2)19(11)28-21)16-17(22)14(29-3)6-15(30-4)18(16)23/h5-7,10,13H,8-9H2,1-4H3,(H,24,26)(H,25,27,28)/t10-,13+/m0/s1. The van der Waals surface area contributed by atoms with Crippen LogP contribution < -0.4 is 20.1 Å². The number of nitrogens with zero attached hydrogens (tertiary/aromatic N) is 3. The Hall–Kier alpha value is -2.55. The van der Waals surface area contributed by atoms with Crippen molar-refractivity contribution in [2.24, 2.45) is 5.92 Å². The van der Waals surface area contributed by atoms with Gasteiger partial charge in [-0.2, -0.15) is 0 Å². The molecule has 31 heavy (non-hydrogen) atoms. The Morgan fingerprint density at radius 3 is 2.35 bits per heavy atom. The van der Waals surface area contributed by atoms with Gasteiger partial charge in [0.15, 0.2) is 5.82 Å². The van der Waals surface area contributed by atoms with Crippen LogP contribution in [-0.4, -0.2) is 55.5 Å². The molecule has 1 fully saturated rings. The van der Waals surface area contributed by atoms with Gasteiger partial charge >= 0.3 is 0 Å². The molecule has 0 unspecified atom stereocenters. The fourth-order valence-electron chi connectivity index (χ4n) is 3.53. The predicted octanol–water partition coefficient (Wildman–Crippen LogP) is 4.50. The summed E-state index contributed by atoms with van der Waals surface area (Å²) in [6, 6.07) is 3.65. The van der Waals surface area contributed by atoms with E-state index >= 15 is 0 Å². The number of nitrogens with one attached hydrogen (secondary N) is 2. The molecule has 0 saturated carbocycles. The normalized spacial score (nSPS) is 18.3. The van der Waals surface area contributed by atoms with E-state index in [2.05, 4.69) is 27.5 Å². The molecule has 10 heteroatoms. The third-order valence-electron chi connectivity index (χ3n) is 5.31. The first-order chi connectivity index (χ1) is 15.0. The van der Waals surface area contributed by atoms with Gasteiger partial charge < -0.3 is 24.8 Å². The van der Waals surface area contributed by atoms with E-state index in [1.165, 1.54) is 14.2 Å². The van der Waals surface area contributed by atoms with E-state index in [-0.39, 0.29) is 6.04 Å². The summed E-state index contributed by atoms with van der Waals surface area (Å²) in [5.74, 6) is 2.36. The zero-order valence-electron chi connectivity index (χ0n) is 17.6. The first-order valence-corrected chi connectivity index (χ1v) is 10.5. The van der Waals surface area contributed by atoms with Crippen LogP contribution in [0.1, 0.15) is 6.92 Å². The SMILES string of the molecule is CNc1nc(-c2c(Cl)c(OC)cc(OC)c2Cl)cc2cnc(N[C@@H]3COC[C@@H]3C)nc12. The molecule has 3 heterocycles. The smallest absolute Gasteiger partial charge is 0.223 e. The van der Waals surface area contributed by atoms with E-state index in [1.54, 1.807) is 19.3 Å². The van der Waals surface area contributed by atoms with Gasteiger partial charge in [-0.3, -0.25) is 0 Å². The van der Waals surface area contributed by atoms with Crippen LogP contribution >= 0.6 is 23.2 Å². The third-order valence-corrected chi connectivity index (χ3v) is 6.06. The zero-order valence-corrected chi connectivity index (χ0v) is 19.1. The maximum atomic E-state index is 6.58. The lowest BCUT2D eigenvalue weighted by molar-refractivity contribution is 0.187. The first kappa shape index (κ1) is 21.7. The second kappa shape index (κ2) is 8.90. The highest BCUT2D eigenvalue weighted by molar-refractivity contribution is 6.41. The molecule has 0 amide bonds. The van der Waals surface area contributed by atoms with Crippen molar-refractivity contribution in [2.45, 2.75) is 13.0 Å². The average Bonchev–Trinajstić information content (AvgIpc) is 3.18. The van der Waals surface area contributed by atoms with Crippen molar-refractivity contribution in [2.75, 3.05) is 45.1 Å². The second-order valence-electron chi connectivity index (χ2n) is 7.29. The van der Waals surface area contributed by atoms with Gasteiger partial charge in [-0.15, -0.1) is 0 Å². The molecule has 2 atom stereocenters. The number of halogens is 2. The number of ether oxygens (including phenoxy) is 3. The molecule has 0 radical (unpaired) electrons. The molecule has 4 rings (SSSR count). The summed E-state index contributed by atoms with van der Waals surface area (Å²) in [6.07, 6.45) is 1.75. The fraction of sp³-hybridized carbons (Fsp3) is 0.381. The van der Waals surface area contributed by atoms with E-state index < -0.39 is 0 Å². The molecule has 1 saturated heterocycles. The van der Waals surface area contributed by atoms with Crippen molar-refractivity contribution in [3.63, 3.8) is 0 Å². The molecule has 2 N–H and O–H groups in total. The lowest BCUT2D eigenvalue weighted by atomic mass is 10.1. The van der Waals surface area contributed by atoms with Crippen LogP contribution in [0.3, 0.4) is 0 Å². The molecule has 1 aromatic carbocycles. The Morgan fingerprint density at radius 2 is 1.77 bits per heavy atom. The quantitative estimate of drug-likeness (QED) is 0.551. The topological polar surface area (TPSA) is 90.4 Å². The van der Waals surface area contributed by atoms with Gasteiger partial charge in [-0.1, -0.05) is 30.1 Å². The summed E-state index contributed by atoms with van der Waals surface area (Å²) in [7, 11) is 4.84. The number of rotatable bonds is 6. The second-order valence-corrected chi connectivity index (χ2v) is 8.04. The summed E-state index contributed by atoms with van der Waals surface area (Å²) in [4.78, 5) is 13.9. The highest BCUT2D eigenvalue weighted by Crippen LogP contribution is 2.46. The van der Waals surface area contributed by atoms with Crippen molar-refractivity contribution in [3.05, 3.63) is 28.4 Å². The Morgan fingerprint density at radius 1 is 1.06 bits per heavy atom. The third kappa shape index (κ3) is 4.03. The molecular weight excluding hydrogens is 441 g/mol. The van der Waals surface area contributed by atoms with Crippen LogP contribution in [0.25, 0.3) is 22.2 Å². The summed E-state index contributed by atoms with van der Waals surface area (Å²) in [5.41, 5.74) is 1.74. The molecule has 8 nitrogen and oxygen atoms in total. The Balaban J connectivity index is 1.82. The molecular formula is C21H23Cl2N5O3. The summed E-state index contributed by atoms with van der Waals surface area (Å²) >= 11 is 13.2. The van der Waals surface area contributed by atoms with Crippen LogP contribution in [0.5, 0.6) is 11.5 Å². The summed E-state index contributed by atoms with van der Waals surface area (Å²) in [6.45, 7) is 3.49. The van der Waals surface area contributed by atoms with Gasteiger partial charge in [0.25, 0.3) is 0 Å². The van der Waals surface area contributed by atoms with Gasteiger partial charge in [-0.25, -0.2) is 15.0 Å². The van der Waals surface area contributed by atoms with Crippen LogP contribution in [0.4, 0.5) is 11.8 Å². The van der Waals surface area contributed by atoms with Crippen LogP contribution in [0, 0.1) is 5.92 Å². The van der Waals surface area contributed by atoms with E-state index in [0.717, 1.165) is 12.0 Å². The minimum Gasteiger partial charge on any atom is -0.495 e. The van der Waals surface area contributed by atoms with Crippen molar-refractivity contribution in [1.82, 2.24) is 15.0 Å². The summed E-state index contributed by atoms with van der Waals surface area (Å²) < 4.78 is 16.3. The van der Waals surface area contributed by atoms with Gasteiger partial charge in [-0.05, 0) is 6.07 Å². The largest absolute Gasteiger partial charge is 0.495 e. The fourth-order valence-corrected chi connectivity index (χ4v) is 4.23. The minimum absolute atomic E-state index is 0.171. The van der Waals surface area contributed by atoms with Crippen LogP contribution in [0.2, 0.25) is 10.0 Å². The van der Waals surface area contributed by atoms with Crippen molar-refractivity contribution >= 4 is 45.9 Å². The molecule has 0 bridgehead atoms. The number of pyridine rings is 1. The van der Waals surface area contributed by atoms with E-state index in [4.69, 9.17) is 42.4 Å². The number of anilines is 2. The van der Waals surface area contributed by atoms with Crippen molar-refractivity contribution in [3.8, 4) is 22.8 Å². The van der Waals surface area contributed by atoms with Crippen molar-refractivity contribution < 1.29 is 14.2 Å². The van der Waals surface area contributed by atoms with E-state index in [9.17, 15) is 0 Å². The Kier molecular flexibility index (Phi) is 6.22. The van der Waals surface area contributed by atoms with Gasteiger partial charge in [0.1, 0.15) is 17.0 Å². The highest BCUT2D eigenvalue weighted by atomic mass is 35.5. The summed E-state index contributed by atoms with van der Waals surface area (Å²) in [5, 5.41) is 7.92. The molecule has 1 aliphatic heterocycles. The molecule has 2 aromatic heterocycles. The number of aromatic nitrogens is 3. The van der Waals surface area contributed by atoms with Gasteiger partial charge in [0.05, 0.1) is 49.2 Å². The number of hydrogen-bond donors (Lipinski definition) is 2. The highest BCUT2D eigenvalue weighted by Gasteiger charge is 2.25. The maximum Gasteiger partial charge on any atom is 0.223 e. The Labute approximate surface area is 190 Å². The molecule has 0 spiro atoms. The maximum absolute atomic E-state index is 6.58. The van der Waals surface area contributed by atoms with E-state index in [0.29, 0.717) is 62.6 Å². The Bertz CT molecular complexity index is 1100. The molecule has 164 valence electrons. The lowest BCUT2D eigenvalue weighted by Crippen LogP contribution is -2.26. The monoisotopic (exact) mass is 463 g/mol. The van der Waals surface area contributed by atoms with Gasteiger partial charge in [0, 0.05) is 36.2 Å². The van der Waals surface area contributed by atoms with Crippen molar-refractivity contribution in [1.29, 1.82) is 0 Å². The van der Waals surface area contributed by atoms with Crippen LogP contribution in [0.15, 0.2) is 18.3 Å². The number of methoxy groups -OCH3 is 2. The van der Waals surface area contributed by atoms with Gasteiger partial charge in [0.2, 0.25) is 5.95 Å². The lowest BCUT2D eigenvalue weighted by Gasteiger charge is -2.17. The zero-order chi connectivity index (χ0) is 22.1. The molecule has 1 aliphatic rings. The number of benzene rings is 1. The number of hydrogen-bond acceptors (Lipinski definition) is 8.